The minimum Gasteiger partial charge on any atom is -0.490 e. The van der Waals surface area contributed by atoms with Gasteiger partial charge in [0.05, 0.1) is 18.4 Å². The molecule has 9 nitrogen and oxygen atoms in total. The summed E-state index contributed by atoms with van der Waals surface area (Å²) in [5.41, 5.74) is 0.772. The number of piperidine rings is 2. The number of hydroxylamine groups is 1. The molecule has 2 saturated heterocycles. The van der Waals surface area contributed by atoms with Crippen molar-refractivity contribution in [2.75, 3.05) is 26.2 Å². The first-order valence-electron chi connectivity index (χ1n) is 11.6. The Morgan fingerprint density at radius 2 is 1.75 bits per heavy atom. The van der Waals surface area contributed by atoms with Crippen LogP contribution >= 0.6 is 0 Å². The van der Waals surface area contributed by atoms with Gasteiger partial charge < -0.3 is 9.15 Å². The number of benzene rings is 1. The van der Waals surface area contributed by atoms with E-state index in [0.717, 1.165) is 17.9 Å². The van der Waals surface area contributed by atoms with Gasteiger partial charge in [0, 0.05) is 26.2 Å². The van der Waals surface area contributed by atoms with Crippen molar-refractivity contribution in [2.45, 2.75) is 49.3 Å². The lowest BCUT2D eigenvalue weighted by Gasteiger charge is -2.43. The highest BCUT2D eigenvalue weighted by molar-refractivity contribution is 7.91. The molecule has 2 aliphatic rings. The van der Waals surface area contributed by atoms with Crippen molar-refractivity contribution >= 4 is 15.9 Å². The summed E-state index contributed by atoms with van der Waals surface area (Å²) in [6.07, 6.45) is -2.65. The Labute approximate surface area is 206 Å². The molecule has 4 rings (SSSR count). The maximum absolute atomic E-state index is 13.7. The summed E-state index contributed by atoms with van der Waals surface area (Å²) in [4.78, 5) is 14.7. The molecule has 2 N–H and O–H groups in total. The zero-order valence-corrected chi connectivity index (χ0v) is 20.2. The highest BCUT2D eigenvalue weighted by Gasteiger charge is 2.55. The summed E-state index contributed by atoms with van der Waals surface area (Å²) < 4.78 is 76.1. The van der Waals surface area contributed by atoms with Crippen LogP contribution < -0.4 is 10.2 Å². The number of hydrogen-bond donors (Lipinski definition) is 2. The smallest absolute Gasteiger partial charge is 0.416 e. The summed E-state index contributed by atoms with van der Waals surface area (Å²) in [6, 6.07) is 7.93. The van der Waals surface area contributed by atoms with Gasteiger partial charge in [0.2, 0.25) is 10.0 Å². The molecular weight excluding hydrogens is 503 g/mol. The standard InChI is InChI=1S/C23H28F3N3O6S/c24-23(25,26)17-3-5-18(6-4-17)35-19-7-11-29(12-8-19)36(32,33)22(21(30)27-31)9-13-28(14-10-22)16-20-2-1-15-34-20/h1-6,15,19,31H,7-14,16H2,(H,27,30). The van der Waals surface area contributed by atoms with Gasteiger partial charge in [-0.1, -0.05) is 0 Å². The van der Waals surface area contributed by atoms with E-state index >= 15 is 0 Å². The van der Waals surface area contributed by atoms with Gasteiger partial charge in [-0.05, 0) is 62.1 Å². The second-order valence-electron chi connectivity index (χ2n) is 9.03. The van der Waals surface area contributed by atoms with Gasteiger partial charge >= 0.3 is 6.18 Å². The van der Waals surface area contributed by atoms with Crippen LogP contribution in [-0.2, 0) is 27.5 Å². The fourth-order valence-corrected chi connectivity index (χ4v) is 6.92. The monoisotopic (exact) mass is 531 g/mol. The highest BCUT2D eigenvalue weighted by Crippen LogP contribution is 2.36. The molecule has 2 aromatic rings. The van der Waals surface area contributed by atoms with Crippen molar-refractivity contribution in [3.8, 4) is 5.75 Å². The number of sulfonamides is 1. The van der Waals surface area contributed by atoms with Gasteiger partial charge in [-0.15, -0.1) is 0 Å². The van der Waals surface area contributed by atoms with E-state index in [9.17, 15) is 31.6 Å². The summed E-state index contributed by atoms with van der Waals surface area (Å²) in [5.74, 6) is 0.0414. The predicted molar refractivity (Wildman–Crippen MR) is 121 cm³/mol. The van der Waals surface area contributed by atoms with Crippen molar-refractivity contribution in [1.82, 2.24) is 14.7 Å². The number of amides is 1. The molecule has 0 bridgehead atoms. The van der Waals surface area contributed by atoms with E-state index in [-0.39, 0.29) is 37.8 Å². The average Bonchev–Trinajstić information content (AvgIpc) is 3.37. The van der Waals surface area contributed by atoms with Crippen LogP contribution in [0.4, 0.5) is 13.2 Å². The second kappa shape index (κ2) is 10.4. The molecule has 36 heavy (non-hydrogen) atoms. The topological polar surface area (TPSA) is 112 Å². The van der Waals surface area contributed by atoms with E-state index < -0.39 is 32.4 Å². The van der Waals surface area contributed by atoms with Crippen LogP contribution in [0.1, 0.15) is 37.0 Å². The third-order valence-electron chi connectivity index (χ3n) is 6.86. The van der Waals surface area contributed by atoms with Gasteiger partial charge in [-0.25, -0.2) is 18.2 Å². The van der Waals surface area contributed by atoms with Crippen molar-refractivity contribution in [3.63, 3.8) is 0 Å². The van der Waals surface area contributed by atoms with Gasteiger partial charge in [0.15, 0.2) is 4.75 Å². The molecule has 2 fully saturated rings. The first kappa shape index (κ1) is 26.5. The van der Waals surface area contributed by atoms with E-state index in [1.165, 1.54) is 16.4 Å². The number of hydrogen-bond acceptors (Lipinski definition) is 7. The molecule has 0 spiro atoms. The minimum absolute atomic E-state index is 0.00438. The number of alkyl halides is 3. The maximum atomic E-state index is 13.7. The molecular formula is C23H28F3N3O6S. The number of carbonyl (C=O) groups excluding carboxylic acids is 1. The zero-order valence-electron chi connectivity index (χ0n) is 19.4. The Balaban J connectivity index is 1.39. The van der Waals surface area contributed by atoms with Crippen LogP contribution in [-0.4, -0.2) is 65.8 Å². The molecule has 0 atom stereocenters. The summed E-state index contributed by atoms with van der Waals surface area (Å²) in [5, 5.41) is 9.36. The lowest BCUT2D eigenvalue weighted by atomic mass is 9.95. The van der Waals surface area contributed by atoms with Gasteiger partial charge in [-0.2, -0.15) is 13.2 Å². The van der Waals surface area contributed by atoms with Crippen molar-refractivity contribution in [3.05, 3.63) is 54.0 Å². The summed E-state index contributed by atoms with van der Waals surface area (Å²) in [6.45, 7) is 1.30. The molecule has 2 aliphatic heterocycles. The van der Waals surface area contributed by atoms with Crippen LogP contribution in [0.5, 0.6) is 5.75 Å². The van der Waals surface area contributed by atoms with Gasteiger partial charge in [0.1, 0.15) is 17.6 Å². The van der Waals surface area contributed by atoms with Crippen molar-refractivity contribution in [1.29, 1.82) is 0 Å². The van der Waals surface area contributed by atoms with Gasteiger partial charge in [-0.3, -0.25) is 14.9 Å². The molecule has 1 amide bonds. The van der Waals surface area contributed by atoms with Gasteiger partial charge in [0.25, 0.3) is 5.91 Å². The van der Waals surface area contributed by atoms with E-state index in [0.29, 0.717) is 32.5 Å². The number of nitrogens with zero attached hydrogens (tertiary/aromatic N) is 2. The number of carbonyl (C=O) groups is 1. The normalized spacial score (nSPS) is 20.2. The van der Waals surface area contributed by atoms with E-state index in [2.05, 4.69) is 0 Å². The third-order valence-corrected chi connectivity index (χ3v) is 9.48. The number of halogens is 3. The Hall–Kier alpha value is -2.61. The van der Waals surface area contributed by atoms with E-state index in [4.69, 9.17) is 9.15 Å². The minimum atomic E-state index is -4.44. The lowest BCUT2D eigenvalue weighted by molar-refractivity contribution is -0.137. The zero-order chi connectivity index (χ0) is 26.0. The first-order valence-corrected chi connectivity index (χ1v) is 13.0. The first-order chi connectivity index (χ1) is 17.0. The Morgan fingerprint density at radius 3 is 2.28 bits per heavy atom. The van der Waals surface area contributed by atoms with Crippen LogP contribution in [0, 0.1) is 0 Å². The number of nitrogens with one attached hydrogen (secondary N) is 1. The summed E-state index contributed by atoms with van der Waals surface area (Å²) in [7, 11) is -4.13. The average molecular weight is 532 g/mol. The molecule has 0 saturated carbocycles. The van der Waals surface area contributed by atoms with Crippen molar-refractivity contribution < 1.29 is 40.7 Å². The second-order valence-corrected chi connectivity index (χ2v) is 11.3. The van der Waals surface area contributed by atoms with Crippen LogP contribution in [0.15, 0.2) is 47.1 Å². The Kier molecular flexibility index (Phi) is 7.64. The number of rotatable bonds is 7. The Morgan fingerprint density at radius 1 is 1.11 bits per heavy atom. The largest absolute Gasteiger partial charge is 0.490 e. The Bertz CT molecular complexity index is 1120. The predicted octanol–water partition coefficient (Wildman–Crippen LogP) is 3.01. The molecule has 13 heteroatoms. The van der Waals surface area contributed by atoms with Crippen molar-refractivity contribution in [2.24, 2.45) is 0 Å². The highest BCUT2D eigenvalue weighted by atomic mass is 32.2. The molecule has 0 radical (unpaired) electrons. The lowest BCUT2D eigenvalue weighted by Crippen LogP contribution is -2.62. The van der Waals surface area contributed by atoms with Crippen LogP contribution in [0.3, 0.4) is 0 Å². The van der Waals surface area contributed by atoms with Crippen LogP contribution in [0.25, 0.3) is 0 Å². The van der Waals surface area contributed by atoms with E-state index in [1.807, 2.05) is 11.0 Å². The molecule has 0 unspecified atom stereocenters. The molecule has 198 valence electrons. The number of ether oxygens (including phenoxy) is 1. The van der Waals surface area contributed by atoms with E-state index in [1.54, 1.807) is 17.8 Å². The quantitative estimate of drug-likeness (QED) is 0.417. The molecule has 1 aromatic heterocycles. The fraction of sp³-hybridized carbons (Fsp3) is 0.522. The molecule has 3 heterocycles. The number of likely N-dealkylation sites (tertiary alicyclic amines) is 1. The van der Waals surface area contributed by atoms with Crippen LogP contribution in [0.2, 0.25) is 0 Å². The molecule has 0 aliphatic carbocycles. The maximum Gasteiger partial charge on any atom is 0.416 e. The summed E-state index contributed by atoms with van der Waals surface area (Å²) >= 11 is 0. The fourth-order valence-electron chi connectivity index (χ4n) is 4.75. The third kappa shape index (κ3) is 5.38. The molecule has 1 aromatic carbocycles. The SMILES string of the molecule is O=C(NO)C1(S(=O)(=O)N2CCC(Oc3ccc(C(F)(F)F)cc3)CC2)CCN(Cc2ccco2)CC1. The number of furan rings is 1.